The van der Waals surface area contributed by atoms with E-state index in [4.69, 9.17) is 5.14 Å². The van der Waals surface area contributed by atoms with Gasteiger partial charge in [0.2, 0.25) is 0 Å². The zero-order valence-corrected chi connectivity index (χ0v) is 13.1. The minimum Gasteiger partial charge on any atom is -0.335 e. The molecule has 1 aromatic heterocycles. The molecule has 0 atom stereocenters. The van der Waals surface area contributed by atoms with E-state index in [9.17, 15) is 13.2 Å². The van der Waals surface area contributed by atoms with E-state index in [0.717, 1.165) is 6.42 Å². The van der Waals surface area contributed by atoms with Crippen LogP contribution in [0.1, 0.15) is 28.4 Å². The summed E-state index contributed by atoms with van der Waals surface area (Å²) >= 11 is 1.51. The molecule has 0 unspecified atom stereocenters. The molecule has 0 spiro atoms. The van der Waals surface area contributed by atoms with Crippen LogP contribution in [0, 0.1) is 5.92 Å². The van der Waals surface area contributed by atoms with Crippen LogP contribution < -0.4 is 9.86 Å². The second kappa shape index (κ2) is 5.80. The molecule has 1 aromatic rings. The van der Waals surface area contributed by atoms with E-state index in [-0.39, 0.29) is 11.9 Å². The van der Waals surface area contributed by atoms with E-state index in [2.05, 4.69) is 18.6 Å². The van der Waals surface area contributed by atoms with E-state index in [1.807, 2.05) is 12.1 Å². The van der Waals surface area contributed by atoms with Gasteiger partial charge in [0.1, 0.15) is 0 Å². The Morgan fingerprint density at radius 3 is 2.70 bits per heavy atom. The molecular formula is C12H19N3O3S2. The van der Waals surface area contributed by atoms with Crippen molar-refractivity contribution in [2.24, 2.45) is 11.1 Å². The molecule has 1 aliphatic rings. The first-order valence-electron chi connectivity index (χ1n) is 6.42. The van der Waals surface area contributed by atoms with Gasteiger partial charge in [0, 0.05) is 18.0 Å². The summed E-state index contributed by atoms with van der Waals surface area (Å²) in [4.78, 5) is 15.7. The average Bonchev–Trinajstić information content (AvgIpc) is 2.68. The summed E-state index contributed by atoms with van der Waals surface area (Å²) in [6.45, 7) is 5.01. The summed E-state index contributed by atoms with van der Waals surface area (Å²) in [7, 11) is -3.69. The Morgan fingerprint density at radius 1 is 1.50 bits per heavy atom. The number of amides is 1. The number of nitrogens with two attached hydrogens (primary N) is 1. The van der Waals surface area contributed by atoms with Crippen molar-refractivity contribution < 1.29 is 13.2 Å². The minimum absolute atomic E-state index is 0.0440. The number of hydrogen-bond acceptors (Lipinski definition) is 4. The highest BCUT2D eigenvalue weighted by molar-refractivity contribution is 7.87. The maximum Gasteiger partial charge on any atom is 0.274 e. The standard InChI is InChI=1S/C12H19N3O3S2/c1-8(2)5-10-3-4-11(19-10)12(16)15-6-9(7-15)14-20(13,17)18/h3-4,8-9,14H,5-7H2,1-2H3,(H2,13,17,18). The van der Waals surface area contributed by atoms with Crippen LogP contribution in [0.2, 0.25) is 0 Å². The van der Waals surface area contributed by atoms with Crippen LogP contribution in [0.15, 0.2) is 12.1 Å². The largest absolute Gasteiger partial charge is 0.335 e. The summed E-state index contributed by atoms with van der Waals surface area (Å²) in [6, 6.07) is 3.55. The summed E-state index contributed by atoms with van der Waals surface area (Å²) in [5, 5.41) is 4.89. The Bertz CT molecular complexity index is 589. The number of carbonyl (C=O) groups excluding carboxylic acids is 1. The molecule has 1 fully saturated rings. The lowest BCUT2D eigenvalue weighted by molar-refractivity contribution is 0.0597. The topological polar surface area (TPSA) is 92.5 Å². The minimum atomic E-state index is -3.69. The van der Waals surface area contributed by atoms with Gasteiger partial charge in [0.15, 0.2) is 0 Å². The molecule has 6 nitrogen and oxygen atoms in total. The maximum absolute atomic E-state index is 12.2. The molecule has 2 rings (SSSR count). The van der Waals surface area contributed by atoms with Crippen LogP contribution in [0.4, 0.5) is 0 Å². The number of thiophene rings is 1. The fourth-order valence-electron chi connectivity index (χ4n) is 2.11. The third-order valence-corrected chi connectivity index (χ3v) is 4.74. The van der Waals surface area contributed by atoms with Crippen molar-refractivity contribution in [3.05, 3.63) is 21.9 Å². The van der Waals surface area contributed by atoms with Crippen LogP contribution in [0.25, 0.3) is 0 Å². The van der Waals surface area contributed by atoms with Crippen molar-refractivity contribution in [3.63, 3.8) is 0 Å². The lowest BCUT2D eigenvalue weighted by atomic mass is 10.1. The molecule has 1 amide bonds. The predicted octanol–water partition coefficient (Wildman–Crippen LogP) is 0.564. The SMILES string of the molecule is CC(C)Cc1ccc(C(=O)N2CC(NS(N)(=O)=O)C2)s1. The number of nitrogens with one attached hydrogen (secondary N) is 1. The fourth-order valence-corrected chi connectivity index (χ4v) is 3.91. The van der Waals surface area contributed by atoms with E-state index in [1.54, 1.807) is 4.90 Å². The number of nitrogens with zero attached hydrogens (tertiary/aromatic N) is 1. The van der Waals surface area contributed by atoms with Crippen LogP contribution in [0.3, 0.4) is 0 Å². The predicted molar refractivity (Wildman–Crippen MR) is 78.8 cm³/mol. The second-order valence-corrected chi connectivity index (χ2v) is 7.93. The van der Waals surface area contributed by atoms with Crippen molar-refractivity contribution in [1.82, 2.24) is 9.62 Å². The fraction of sp³-hybridized carbons (Fsp3) is 0.583. The summed E-state index contributed by atoms with van der Waals surface area (Å²) in [6.07, 6.45) is 0.966. The zero-order valence-electron chi connectivity index (χ0n) is 11.5. The van der Waals surface area contributed by atoms with Gasteiger partial charge in [-0.1, -0.05) is 13.8 Å². The van der Waals surface area contributed by atoms with Crippen LogP contribution in [-0.2, 0) is 16.6 Å². The Balaban J connectivity index is 1.89. The number of likely N-dealkylation sites (tertiary alicyclic amines) is 1. The third-order valence-electron chi connectivity index (χ3n) is 2.98. The Kier molecular flexibility index (Phi) is 4.48. The smallest absolute Gasteiger partial charge is 0.274 e. The van der Waals surface area contributed by atoms with Gasteiger partial charge in [-0.3, -0.25) is 4.79 Å². The molecule has 2 heterocycles. The van der Waals surface area contributed by atoms with E-state index >= 15 is 0 Å². The normalized spacial score (nSPS) is 16.5. The highest BCUT2D eigenvalue weighted by Crippen LogP contribution is 2.23. The highest BCUT2D eigenvalue weighted by atomic mass is 32.2. The summed E-state index contributed by atoms with van der Waals surface area (Å²) in [5.74, 6) is 0.515. The van der Waals surface area contributed by atoms with Crippen molar-refractivity contribution >= 4 is 27.5 Å². The first-order chi connectivity index (χ1) is 9.24. The van der Waals surface area contributed by atoms with Crippen molar-refractivity contribution in [1.29, 1.82) is 0 Å². The van der Waals surface area contributed by atoms with Gasteiger partial charge in [0.25, 0.3) is 16.1 Å². The molecular weight excluding hydrogens is 298 g/mol. The zero-order chi connectivity index (χ0) is 14.9. The van der Waals surface area contributed by atoms with Crippen molar-refractivity contribution in [2.75, 3.05) is 13.1 Å². The molecule has 0 saturated carbocycles. The number of carbonyl (C=O) groups is 1. The number of rotatable bonds is 5. The maximum atomic E-state index is 12.2. The third kappa shape index (κ3) is 4.02. The molecule has 8 heteroatoms. The lowest BCUT2D eigenvalue weighted by Gasteiger charge is -2.38. The molecule has 3 N–H and O–H groups in total. The van der Waals surface area contributed by atoms with Crippen molar-refractivity contribution in [3.8, 4) is 0 Å². The van der Waals surface area contributed by atoms with Crippen LogP contribution >= 0.6 is 11.3 Å². The van der Waals surface area contributed by atoms with Gasteiger partial charge in [0.05, 0.1) is 10.9 Å². The van der Waals surface area contributed by atoms with E-state index in [1.165, 1.54) is 16.2 Å². The Hall–Kier alpha value is -0.960. The van der Waals surface area contributed by atoms with Gasteiger partial charge < -0.3 is 4.90 Å². The summed E-state index contributed by atoms with van der Waals surface area (Å²) < 4.78 is 24.0. The monoisotopic (exact) mass is 317 g/mol. The van der Waals surface area contributed by atoms with E-state index in [0.29, 0.717) is 23.9 Å². The van der Waals surface area contributed by atoms with Gasteiger partial charge in [-0.05, 0) is 24.5 Å². The average molecular weight is 317 g/mol. The first-order valence-corrected chi connectivity index (χ1v) is 8.79. The van der Waals surface area contributed by atoms with Crippen LogP contribution in [0.5, 0.6) is 0 Å². The molecule has 0 radical (unpaired) electrons. The summed E-state index contributed by atoms with van der Waals surface area (Å²) in [5.41, 5.74) is 0. The molecule has 0 aliphatic carbocycles. The molecule has 1 aliphatic heterocycles. The molecule has 0 bridgehead atoms. The van der Waals surface area contributed by atoms with Gasteiger partial charge >= 0.3 is 0 Å². The highest BCUT2D eigenvalue weighted by Gasteiger charge is 2.33. The van der Waals surface area contributed by atoms with Gasteiger partial charge in [-0.2, -0.15) is 13.1 Å². The first kappa shape index (κ1) is 15.4. The molecule has 112 valence electrons. The number of hydrogen-bond donors (Lipinski definition) is 2. The molecule has 0 aromatic carbocycles. The van der Waals surface area contributed by atoms with Gasteiger partial charge in [-0.15, -0.1) is 11.3 Å². The Morgan fingerprint density at radius 2 is 2.15 bits per heavy atom. The second-order valence-electron chi connectivity index (χ2n) is 5.43. The van der Waals surface area contributed by atoms with Crippen molar-refractivity contribution in [2.45, 2.75) is 26.3 Å². The molecule has 20 heavy (non-hydrogen) atoms. The molecule has 1 saturated heterocycles. The van der Waals surface area contributed by atoms with Crippen LogP contribution in [-0.4, -0.2) is 38.4 Å². The van der Waals surface area contributed by atoms with E-state index < -0.39 is 10.2 Å². The Labute approximate surface area is 123 Å². The quantitative estimate of drug-likeness (QED) is 0.831. The van der Waals surface area contributed by atoms with Gasteiger partial charge in [-0.25, -0.2) is 5.14 Å². The lowest BCUT2D eigenvalue weighted by Crippen LogP contribution is -2.61.